The zero-order chi connectivity index (χ0) is 10.8. The van der Waals surface area contributed by atoms with Crippen LogP contribution >= 0.6 is 15.9 Å². The Kier molecular flexibility index (Phi) is 2.55. The number of rotatable bonds is 1. The molecule has 0 radical (unpaired) electrons. The van der Waals surface area contributed by atoms with E-state index >= 15 is 0 Å². The van der Waals surface area contributed by atoms with Gasteiger partial charge in [-0.15, -0.1) is 0 Å². The van der Waals surface area contributed by atoms with Gasteiger partial charge in [0.05, 0.1) is 5.69 Å². The molecule has 76 valence electrons. The number of H-pyrrole nitrogens is 2. The van der Waals surface area contributed by atoms with Crippen molar-refractivity contribution in [3.05, 3.63) is 55.6 Å². The molecule has 4 nitrogen and oxygen atoms in total. The highest BCUT2D eigenvalue weighted by Crippen LogP contribution is 2.19. The van der Waals surface area contributed by atoms with E-state index in [4.69, 9.17) is 0 Å². The molecule has 0 bridgehead atoms. The summed E-state index contributed by atoms with van der Waals surface area (Å²) >= 11 is 3.33. The van der Waals surface area contributed by atoms with Gasteiger partial charge >= 0.3 is 11.1 Å². The minimum atomic E-state index is -0.646. The normalized spacial score (nSPS) is 10.2. The van der Waals surface area contributed by atoms with Crippen molar-refractivity contribution in [3.63, 3.8) is 0 Å². The van der Waals surface area contributed by atoms with Gasteiger partial charge in [0, 0.05) is 16.2 Å². The first-order valence-corrected chi connectivity index (χ1v) is 5.04. The molecule has 2 aromatic rings. The van der Waals surface area contributed by atoms with E-state index in [1.165, 1.54) is 6.20 Å². The Bertz CT molecular complexity index is 601. The fourth-order valence-electron chi connectivity index (χ4n) is 1.23. The number of halogens is 1. The summed E-state index contributed by atoms with van der Waals surface area (Å²) in [6.07, 6.45) is 1.48. The lowest BCUT2D eigenvalue weighted by Gasteiger charge is -2.00. The van der Waals surface area contributed by atoms with Crippen LogP contribution in [0, 0.1) is 0 Å². The summed E-state index contributed by atoms with van der Waals surface area (Å²) in [6.45, 7) is 0. The average molecular weight is 267 g/mol. The number of aromatic nitrogens is 2. The zero-order valence-corrected chi connectivity index (χ0v) is 9.17. The van der Waals surface area contributed by atoms with E-state index in [2.05, 4.69) is 25.9 Å². The first kappa shape index (κ1) is 9.92. The second kappa shape index (κ2) is 3.86. The molecule has 0 saturated heterocycles. The molecule has 5 heteroatoms. The van der Waals surface area contributed by atoms with Gasteiger partial charge in [-0.3, -0.25) is 9.59 Å². The van der Waals surface area contributed by atoms with Crippen LogP contribution in [0.15, 0.2) is 44.5 Å². The second-order valence-electron chi connectivity index (χ2n) is 3.00. The Labute approximate surface area is 93.1 Å². The van der Waals surface area contributed by atoms with E-state index in [1.54, 1.807) is 0 Å². The average Bonchev–Trinajstić information content (AvgIpc) is 2.22. The van der Waals surface area contributed by atoms with Gasteiger partial charge in [-0.1, -0.05) is 28.1 Å². The van der Waals surface area contributed by atoms with Gasteiger partial charge in [-0.25, -0.2) is 0 Å². The summed E-state index contributed by atoms with van der Waals surface area (Å²) in [4.78, 5) is 26.8. The molecule has 1 aromatic carbocycles. The maximum absolute atomic E-state index is 11.1. The van der Waals surface area contributed by atoms with Crippen molar-refractivity contribution in [1.29, 1.82) is 0 Å². The smallest absolute Gasteiger partial charge is 0.314 e. The standard InChI is InChI=1S/C10H7BrN2O2/c11-7-3-1-2-6(4-7)8-5-12-9(14)10(15)13-8/h1-5H,(H,12,14)(H,13,15). The first-order chi connectivity index (χ1) is 7.16. The Balaban J connectivity index is 2.60. The van der Waals surface area contributed by atoms with Crippen molar-refractivity contribution in [2.75, 3.05) is 0 Å². The summed E-state index contributed by atoms with van der Waals surface area (Å²) in [5, 5.41) is 0. The van der Waals surface area contributed by atoms with Gasteiger partial charge in [0.1, 0.15) is 0 Å². The predicted molar refractivity (Wildman–Crippen MR) is 60.8 cm³/mol. The summed E-state index contributed by atoms with van der Waals surface area (Å²) in [5.41, 5.74) is 0.125. The molecular weight excluding hydrogens is 260 g/mol. The fraction of sp³-hybridized carbons (Fsp3) is 0. The fourth-order valence-corrected chi connectivity index (χ4v) is 1.63. The lowest BCUT2D eigenvalue weighted by Crippen LogP contribution is -2.28. The van der Waals surface area contributed by atoms with E-state index in [1.807, 2.05) is 24.3 Å². The van der Waals surface area contributed by atoms with Crippen molar-refractivity contribution in [2.24, 2.45) is 0 Å². The molecule has 2 rings (SSSR count). The van der Waals surface area contributed by atoms with Crippen molar-refractivity contribution in [1.82, 2.24) is 9.97 Å². The van der Waals surface area contributed by atoms with Crippen molar-refractivity contribution in [3.8, 4) is 11.3 Å². The van der Waals surface area contributed by atoms with E-state index in [0.29, 0.717) is 5.69 Å². The van der Waals surface area contributed by atoms with Crippen molar-refractivity contribution < 1.29 is 0 Å². The SMILES string of the molecule is O=c1[nH]cc(-c2cccc(Br)c2)[nH]c1=O. The molecule has 15 heavy (non-hydrogen) atoms. The van der Waals surface area contributed by atoms with Gasteiger partial charge in [0.15, 0.2) is 0 Å². The van der Waals surface area contributed by atoms with Gasteiger partial charge in [-0.05, 0) is 12.1 Å². The van der Waals surface area contributed by atoms with E-state index in [-0.39, 0.29) is 0 Å². The van der Waals surface area contributed by atoms with Crippen molar-refractivity contribution >= 4 is 15.9 Å². The zero-order valence-electron chi connectivity index (χ0n) is 7.58. The molecule has 0 aliphatic carbocycles. The molecule has 0 amide bonds. The van der Waals surface area contributed by atoms with Crippen LogP contribution in [0.4, 0.5) is 0 Å². The van der Waals surface area contributed by atoms with Crippen LogP contribution in [-0.4, -0.2) is 9.97 Å². The number of benzene rings is 1. The van der Waals surface area contributed by atoms with Crippen LogP contribution in [0.1, 0.15) is 0 Å². The largest absolute Gasteiger partial charge is 0.322 e. The van der Waals surface area contributed by atoms with Crippen molar-refractivity contribution in [2.45, 2.75) is 0 Å². The molecule has 0 atom stereocenters. The third-order valence-corrected chi connectivity index (χ3v) is 2.43. The summed E-state index contributed by atoms with van der Waals surface area (Å²) < 4.78 is 0.909. The Morgan fingerprint density at radius 1 is 1.13 bits per heavy atom. The third-order valence-electron chi connectivity index (χ3n) is 1.94. The molecule has 0 spiro atoms. The maximum Gasteiger partial charge on any atom is 0.314 e. The van der Waals surface area contributed by atoms with Gasteiger partial charge in [0.2, 0.25) is 0 Å². The van der Waals surface area contributed by atoms with E-state index in [0.717, 1.165) is 10.0 Å². The molecular formula is C10H7BrN2O2. The number of nitrogens with one attached hydrogen (secondary N) is 2. The number of aromatic amines is 2. The highest BCUT2D eigenvalue weighted by Gasteiger charge is 2.00. The summed E-state index contributed by atoms with van der Waals surface area (Å²) in [5.74, 6) is 0. The topological polar surface area (TPSA) is 65.7 Å². The minimum absolute atomic E-state index is 0.584. The highest BCUT2D eigenvalue weighted by atomic mass is 79.9. The van der Waals surface area contributed by atoms with Crippen LogP contribution in [0.5, 0.6) is 0 Å². The highest BCUT2D eigenvalue weighted by molar-refractivity contribution is 9.10. The summed E-state index contributed by atoms with van der Waals surface area (Å²) in [6, 6.07) is 7.42. The monoisotopic (exact) mass is 266 g/mol. The molecule has 0 aliphatic rings. The molecule has 0 aliphatic heterocycles. The lowest BCUT2D eigenvalue weighted by atomic mass is 10.2. The second-order valence-corrected chi connectivity index (χ2v) is 3.91. The molecule has 0 saturated carbocycles. The maximum atomic E-state index is 11.1. The predicted octanol–water partition coefficient (Wildman–Crippen LogP) is 1.49. The van der Waals surface area contributed by atoms with Gasteiger partial charge in [0.25, 0.3) is 0 Å². The Hall–Kier alpha value is -1.62. The third kappa shape index (κ3) is 2.07. The molecule has 0 unspecified atom stereocenters. The lowest BCUT2D eigenvalue weighted by molar-refractivity contribution is 1.08. The Morgan fingerprint density at radius 2 is 1.93 bits per heavy atom. The van der Waals surface area contributed by atoms with Crippen LogP contribution in [0.3, 0.4) is 0 Å². The van der Waals surface area contributed by atoms with Crippen LogP contribution < -0.4 is 11.1 Å². The molecule has 2 N–H and O–H groups in total. The Morgan fingerprint density at radius 3 is 2.60 bits per heavy atom. The van der Waals surface area contributed by atoms with E-state index in [9.17, 15) is 9.59 Å². The minimum Gasteiger partial charge on any atom is -0.322 e. The first-order valence-electron chi connectivity index (χ1n) is 4.25. The van der Waals surface area contributed by atoms with Crippen LogP contribution in [-0.2, 0) is 0 Å². The molecule has 1 aromatic heterocycles. The number of hydrogen-bond acceptors (Lipinski definition) is 2. The van der Waals surface area contributed by atoms with E-state index < -0.39 is 11.1 Å². The van der Waals surface area contributed by atoms with Gasteiger partial charge < -0.3 is 9.97 Å². The van der Waals surface area contributed by atoms with Crippen LogP contribution in [0.2, 0.25) is 0 Å². The number of hydrogen-bond donors (Lipinski definition) is 2. The quantitative estimate of drug-likeness (QED) is 0.769. The summed E-state index contributed by atoms with van der Waals surface area (Å²) in [7, 11) is 0. The molecule has 0 fully saturated rings. The molecule has 1 heterocycles. The van der Waals surface area contributed by atoms with Gasteiger partial charge in [-0.2, -0.15) is 0 Å². The van der Waals surface area contributed by atoms with Crippen LogP contribution in [0.25, 0.3) is 11.3 Å².